The van der Waals surface area contributed by atoms with Crippen LogP contribution in [0.25, 0.3) is 0 Å². The van der Waals surface area contributed by atoms with E-state index in [9.17, 15) is 0 Å². The summed E-state index contributed by atoms with van der Waals surface area (Å²) >= 11 is 0. The highest BCUT2D eigenvalue weighted by molar-refractivity contribution is 5.25. The summed E-state index contributed by atoms with van der Waals surface area (Å²) in [6.07, 6.45) is 0. The summed E-state index contributed by atoms with van der Waals surface area (Å²) in [7, 11) is 4.06. The van der Waals surface area contributed by atoms with Crippen LogP contribution in [0.5, 0.6) is 0 Å². The van der Waals surface area contributed by atoms with Crippen LogP contribution < -0.4 is 5.32 Å². The van der Waals surface area contributed by atoms with Gasteiger partial charge in [-0.2, -0.15) is 0 Å². The van der Waals surface area contributed by atoms with Crippen LogP contribution in [0.1, 0.15) is 19.7 Å². The minimum atomic E-state index is 0.826. The van der Waals surface area contributed by atoms with Crippen molar-refractivity contribution in [3.63, 3.8) is 0 Å². The number of nitrogens with zero attached hydrogens (tertiary/aromatic N) is 4. The third-order valence-electron chi connectivity index (χ3n) is 1.94. The van der Waals surface area contributed by atoms with E-state index in [4.69, 9.17) is 0 Å². The highest BCUT2D eigenvalue weighted by Gasteiger charge is 2.09. The molecule has 5 nitrogen and oxygen atoms in total. The fraction of sp³-hybridized carbons (Fsp3) is 0.778. The van der Waals surface area contributed by atoms with Gasteiger partial charge in [-0.05, 0) is 27.9 Å². The van der Waals surface area contributed by atoms with Gasteiger partial charge in [0.25, 0.3) is 0 Å². The van der Waals surface area contributed by atoms with Crippen molar-refractivity contribution >= 4 is 5.95 Å². The second-order valence-corrected chi connectivity index (χ2v) is 3.45. The number of nitrogens with one attached hydrogen (secondary N) is 1. The van der Waals surface area contributed by atoms with Crippen LogP contribution in [0, 0.1) is 0 Å². The Kier molecular flexibility index (Phi) is 3.88. The summed E-state index contributed by atoms with van der Waals surface area (Å²) in [6.45, 7) is 6.76. The molecule has 0 amide bonds. The zero-order valence-corrected chi connectivity index (χ0v) is 9.41. The summed E-state index contributed by atoms with van der Waals surface area (Å²) in [5, 5.41) is 11.5. The van der Waals surface area contributed by atoms with Gasteiger partial charge in [-0.3, -0.25) is 4.57 Å². The van der Waals surface area contributed by atoms with E-state index < -0.39 is 0 Å². The first kappa shape index (κ1) is 11.0. The first-order chi connectivity index (χ1) is 6.69. The highest BCUT2D eigenvalue weighted by atomic mass is 15.4. The molecule has 1 N–H and O–H groups in total. The van der Waals surface area contributed by atoms with Crippen molar-refractivity contribution in [2.75, 3.05) is 26.0 Å². The molecule has 0 aromatic carbocycles. The van der Waals surface area contributed by atoms with Crippen molar-refractivity contribution in [1.82, 2.24) is 19.7 Å². The number of anilines is 1. The van der Waals surface area contributed by atoms with E-state index in [1.54, 1.807) is 0 Å². The first-order valence-corrected chi connectivity index (χ1v) is 4.99. The molecule has 1 heterocycles. The largest absolute Gasteiger partial charge is 0.355 e. The molecule has 0 bridgehead atoms. The zero-order chi connectivity index (χ0) is 10.6. The lowest BCUT2D eigenvalue weighted by atomic mass is 10.5. The summed E-state index contributed by atoms with van der Waals surface area (Å²) in [5.41, 5.74) is 0. The fourth-order valence-electron chi connectivity index (χ4n) is 1.36. The van der Waals surface area contributed by atoms with Crippen LogP contribution in [0.15, 0.2) is 0 Å². The summed E-state index contributed by atoms with van der Waals surface area (Å²) in [4.78, 5) is 2.09. The molecule has 0 unspecified atom stereocenters. The van der Waals surface area contributed by atoms with E-state index in [2.05, 4.69) is 38.8 Å². The SMILES string of the molecule is CCNc1nnc(CN(C)C)n1CC. The van der Waals surface area contributed by atoms with Crippen LogP contribution in [0.4, 0.5) is 5.95 Å². The smallest absolute Gasteiger partial charge is 0.224 e. The Bertz CT molecular complexity index is 279. The molecule has 0 aliphatic heterocycles. The monoisotopic (exact) mass is 197 g/mol. The van der Waals surface area contributed by atoms with Gasteiger partial charge >= 0.3 is 0 Å². The van der Waals surface area contributed by atoms with E-state index >= 15 is 0 Å². The standard InChI is InChI=1S/C9H19N5/c1-5-10-9-12-11-8(7-13(3)4)14(9)6-2/h5-7H2,1-4H3,(H,10,12). The van der Waals surface area contributed by atoms with Gasteiger partial charge in [-0.15, -0.1) is 10.2 Å². The molecular weight excluding hydrogens is 178 g/mol. The number of hydrogen-bond donors (Lipinski definition) is 1. The van der Waals surface area contributed by atoms with Gasteiger partial charge in [0.2, 0.25) is 5.95 Å². The molecule has 80 valence electrons. The van der Waals surface area contributed by atoms with E-state index in [0.717, 1.165) is 31.4 Å². The van der Waals surface area contributed by atoms with E-state index in [1.807, 2.05) is 14.1 Å². The van der Waals surface area contributed by atoms with Crippen molar-refractivity contribution in [2.24, 2.45) is 0 Å². The van der Waals surface area contributed by atoms with Crippen molar-refractivity contribution < 1.29 is 0 Å². The topological polar surface area (TPSA) is 46.0 Å². The quantitative estimate of drug-likeness (QED) is 0.758. The summed E-state index contributed by atoms with van der Waals surface area (Å²) in [6, 6.07) is 0. The van der Waals surface area contributed by atoms with Crippen molar-refractivity contribution in [3.05, 3.63) is 5.82 Å². The fourth-order valence-corrected chi connectivity index (χ4v) is 1.36. The molecule has 1 aromatic heterocycles. The zero-order valence-electron chi connectivity index (χ0n) is 9.41. The third-order valence-corrected chi connectivity index (χ3v) is 1.94. The summed E-state index contributed by atoms with van der Waals surface area (Å²) in [5.74, 6) is 1.88. The van der Waals surface area contributed by atoms with Gasteiger partial charge in [-0.1, -0.05) is 0 Å². The molecule has 0 spiro atoms. The van der Waals surface area contributed by atoms with Crippen LogP contribution in [-0.2, 0) is 13.1 Å². The van der Waals surface area contributed by atoms with Crippen LogP contribution in [-0.4, -0.2) is 40.3 Å². The molecule has 0 saturated heterocycles. The Morgan fingerprint density at radius 2 is 2.00 bits per heavy atom. The van der Waals surface area contributed by atoms with Gasteiger partial charge in [0, 0.05) is 13.1 Å². The molecule has 0 saturated carbocycles. The molecule has 0 atom stereocenters. The molecule has 0 radical (unpaired) electrons. The van der Waals surface area contributed by atoms with Crippen LogP contribution >= 0.6 is 0 Å². The van der Waals surface area contributed by atoms with Gasteiger partial charge in [0.15, 0.2) is 0 Å². The van der Waals surface area contributed by atoms with Crippen molar-refractivity contribution in [1.29, 1.82) is 0 Å². The summed E-state index contributed by atoms with van der Waals surface area (Å²) < 4.78 is 2.10. The van der Waals surface area contributed by atoms with E-state index in [-0.39, 0.29) is 0 Å². The maximum absolute atomic E-state index is 4.15. The predicted molar refractivity (Wildman–Crippen MR) is 57.3 cm³/mol. The molecule has 0 fully saturated rings. The second kappa shape index (κ2) is 4.95. The average Bonchev–Trinajstić information content (AvgIpc) is 2.47. The van der Waals surface area contributed by atoms with E-state index in [0.29, 0.717) is 0 Å². The first-order valence-electron chi connectivity index (χ1n) is 4.99. The van der Waals surface area contributed by atoms with Crippen molar-refractivity contribution in [3.8, 4) is 0 Å². The third kappa shape index (κ3) is 2.45. The lowest BCUT2D eigenvalue weighted by Crippen LogP contribution is -2.16. The Hall–Kier alpha value is -1.10. The van der Waals surface area contributed by atoms with Crippen LogP contribution in [0.2, 0.25) is 0 Å². The Labute approximate surface area is 85.1 Å². The number of rotatable bonds is 5. The Morgan fingerprint density at radius 3 is 2.50 bits per heavy atom. The molecule has 1 rings (SSSR count). The lowest BCUT2D eigenvalue weighted by Gasteiger charge is -2.11. The van der Waals surface area contributed by atoms with E-state index in [1.165, 1.54) is 0 Å². The number of aromatic nitrogens is 3. The van der Waals surface area contributed by atoms with Gasteiger partial charge in [-0.25, -0.2) is 0 Å². The van der Waals surface area contributed by atoms with Crippen LogP contribution in [0.3, 0.4) is 0 Å². The maximum atomic E-state index is 4.15. The molecular formula is C9H19N5. The molecule has 5 heteroatoms. The minimum absolute atomic E-state index is 0.826. The number of hydrogen-bond acceptors (Lipinski definition) is 4. The van der Waals surface area contributed by atoms with Gasteiger partial charge in [0.05, 0.1) is 6.54 Å². The Balaban J connectivity index is 2.83. The lowest BCUT2D eigenvalue weighted by molar-refractivity contribution is 0.381. The average molecular weight is 197 g/mol. The molecule has 1 aromatic rings. The maximum Gasteiger partial charge on any atom is 0.224 e. The van der Waals surface area contributed by atoms with Gasteiger partial charge < -0.3 is 10.2 Å². The molecule has 0 aliphatic carbocycles. The second-order valence-electron chi connectivity index (χ2n) is 3.45. The highest BCUT2D eigenvalue weighted by Crippen LogP contribution is 2.08. The minimum Gasteiger partial charge on any atom is -0.355 e. The normalized spacial score (nSPS) is 10.9. The van der Waals surface area contributed by atoms with Crippen molar-refractivity contribution in [2.45, 2.75) is 26.9 Å². The predicted octanol–water partition coefficient (Wildman–Crippen LogP) is 0.791. The molecule has 14 heavy (non-hydrogen) atoms. The van der Waals surface area contributed by atoms with Gasteiger partial charge in [0.1, 0.15) is 5.82 Å². The Morgan fingerprint density at radius 1 is 1.29 bits per heavy atom. The molecule has 0 aliphatic rings.